The van der Waals surface area contributed by atoms with E-state index in [1.807, 2.05) is 12.1 Å². The summed E-state index contributed by atoms with van der Waals surface area (Å²) in [6.07, 6.45) is 2.85. The lowest BCUT2D eigenvalue weighted by molar-refractivity contribution is 0.291. The van der Waals surface area contributed by atoms with Crippen LogP contribution in [0.2, 0.25) is 5.02 Å². The van der Waals surface area contributed by atoms with E-state index in [4.69, 9.17) is 16.6 Å². The molecule has 25 heavy (non-hydrogen) atoms. The fourth-order valence-electron chi connectivity index (χ4n) is 3.81. The van der Waals surface area contributed by atoms with Crippen LogP contribution in [0.1, 0.15) is 6.42 Å². The highest BCUT2D eigenvalue weighted by Crippen LogP contribution is 2.42. The van der Waals surface area contributed by atoms with E-state index in [0.29, 0.717) is 12.1 Å². The van der Waals surface area contributed by atoms with Gasteiger partial charge < -0.3 is 9.80 Å². The number of rotatable bonds is 2. The van der Waals surface area contributed by atoms with Gasteiger partial charge in [0.1, 0.15) is 5.02 Å². The number of hydrogen-bond donors (Lipinski definition) is 0. The quantitative estimate of drug-likeness (QED) is 0.691. The van der Waals surface area contributed by atoms with Crippen molar-refractivity contribution in [2.75, 3.05) is 22.9 Å². The van der Waals surface area contributed by atoms with Crippen LogP contribution in [-0.4, -0.2) is 39.9 Å². The van der Waals surface area contributed by atoms with E-state index in [1.54, 1.807) is 24.6 Å². The molecule has 0 amide bonds. The van der Waals surface area contributed by atoms with Crippen LogP contribution in [0.15, 0.2) is 35.3 Å². The predicted molar refractivity (Wildman–Crippen MR) is 101 cm³/mol. The summed E-state index contributed by atoms with van der Waals surface area (Å²) in [4.78, 5) is 21.4. The fraction of sp³-hybridized carbons (Fsp3) is 0.353. The maximum atomic E-state index is 12.0. The maximum absolute atomic E-state index is 12.0. The molecule has 0 N–H and O–H groups in total. The van der Waals surface area contributed by atoms with Crippen molar-refractivity contribution in [1.82, 2.24) is 14.8 Å². The third-order valence-electron chi connectivity index (χ3n) is 5.10. The molecule has 3 aliphatic heterocycles. The Morgan fingerprint density at radius 3 is 2.76 bits per heavy atom. The number of hydrogen-bond acceptors (Lipinski definition) is 6. The van der Waals surface area contributed by atoms with E-state index in [9.17, 15) is 4.79 Å². The summed E-state index contributed by atoms with van der Waals surface area (Å²) < 4.78 is 2.49. The molecule has 3 aliphatic rings. The van der Waals surface area contributed by atoms with Crippen molar-refractivity contribution in [3.63, 3.8) is 0 Å². The second-order valence-corrected chi connectivity index (χ2v) is 7.98. The highest BCUT2D eigenvalue weighted by Gasteiger charge is 2.46. The fourth-order valence-corrected chi connectivity index (χ4v) is 5.21. The van der Waals surface area contributed by atoms with E-state index in [-0.39, 0.29) is 10.6 Å². The average molecular weight is 374 g/mol. The largest absolute Gasteiger partial charge is 0.365 e. The van der Waals surface area contributed by atoms with Crippen molar-refractivity contribution in [2.45, 2.75) is 18.5 Å². The minimum absolute atomic E-state index is 0.249. The summed E-state index contributed by atoms with van der Waals surface area (Å²) in [6.45, 7) is 1.67. The molecule has 6 nitrogen and oxygen atoms in total. The van der Waals surface area contributed by atoms with E-state index in [1.165, 1.54) is 9.38 Å². The molecular formula is C17H16ClN5OS. The Morgan fingerprint density at radius 1 is 1.24 bits per heavy atom. The Balaban J connectivity index is 1.42. The molecular weight excluding hydrogens is 358 g/mol. The van der Waals surface area contributed by atoms with Crippen molar-refractivity contribution in [2.24, 2.45) is 7.05 Å². The number of nitrogens with zero attached hydrogens (tertiary/aromatic N) is 5. The van der Waals surface area contributed by atoms with Gasteiger partial charge in [-0.2, -0.15) is 5.10 Å². The summed E-state index contributed by atoms with van der Waals surface area (Å²) in [6, 6.07) is 9.05. The number of aryl methyl sites for hydroxylation is 1. The van der Waals surface area contributed by atoms with Gasteiger partial charge in [0.2, 0.25) is 0 Å². The van der Waals surface area contributed by atoms with Gasteiger partial charge in [0.05, 0.1) is 34.2 Å². The molecule has 128 valence electrons. The Bertz CT molecular complexity index is 986. The average Bonchev–Trinajstić information content (AvgIpc) is 3.02. The first-order valence-corrected chi connectivity index (χ1v) is 9.42. The second-order valence-electron chi connectivity index (χ2n) is 6.59. The first-order valence-electron chi connectivity index (χ1n) is 8.22. The molecule has 2 unspecified atom stereocenters. The third kappa shape index (κ3) is 2.26. The van der Waals surface area contributed by atoms with Crippen molar-refractivity contribution in [3.8, 4) is 0 Å². The second kappa shape index (κ2) is 5.44. The van der Waals surface area contributed by atoms with Crippen LogP contribution in [0.5, 0.6) is 0 Å². The topological polar surface area (TPSA) is 54.3 Å². The zero-order valence-electron chi connectivity index (χ0n) is 13.6. The van der Waals surface area contributed by atoms with Crippen LogP contribution in [-0.2, 0) is 7.05 Å². The number of piperidine rings is 1. The third-order valence-corrected chi connectivity index (χ3v) is 6.50. The number of thiazole rings is 1. The Hall–Kier alpha value is -2.12. The van der Waals surface area contributed by atoms with Gasteiger partial charge in [0.15, 0.2) is 5.13 Å². The van der Waals surface area contributed by atoms with E-state index >= 15 is 0 Å². The van der Waals surface area contributed by atoms with Gasteiger partial charge >= 0.3 is 0 Å². The van der Waals surface area contributed by atoms with Crippen LogP contribution in [0.3, 0.4) is 0 Å². The highest BCUT2D eigenvalue weighted by atomic mass is 35.5. The van der Waals surface area contributed by atoms with Crippen LogP contribution < -0.4 is 15.4 Å². The van der Waals surface area contributed by atoms with E-state index < -0.39 is 0 Å². The molecule has 0 radical (unpaired) electrons. The summed E-state index contributed by atoms with van der Waals surface area (Å²) in [5.41, 5.74) is 1.55. The van der Waals surface area contributed by atoms with Crippen LogP contribution in [0.25, 0.3) is 10.2 Å². The maximum Gasteiger partial charge on any atom is 0.287 e. The number of fused-ring (bicyclic) bond motifs is 3. The van der Waals surface area contributed by atoms with Crippen molar-refractivity contribution < 1.29 is 0 Å². The number of para-hydroxylation sites is 1. The molecule has 0 spiro atoms. The number of piperazine rings is 1. The zero-order chi connectivity index (χ0) is 17.1. The molecule has 1 aromatic carbocycles. The normalized spacial score (nSPS) is 22.3. The summed E-state index contributed by atoms with van der Waals surface area (Å²) in [5.74, 6) is 0. The molecule has 6 rings (SSSR count). The van der Waals surface area contributed by atoms with Crippen molar-refractivity contribution in [3.05, 3.63) is 45.8 Å². The molecule has 2 bridgehead atoms. The van der Waals surface area contributed by atoms with Crippen molar-refractivity contribution >= 4 is 44.0 Å². The molecule has 8 heteroatoms. The lowest BCUT2D eigenvalue weighted by atomic mass is 9.88. The number of aromatic nitrogens is 3. The summed E-state index contributed by atoms with van der Waals surface area (Å²) in [7, 11) is 1.61. The van der Waals surface area contributed by atoms with E-state index in [0.717, 1.165) is 35.8 Å². The van der Waals surface area contributed by atoms with Crippen LogP contribution >= 0.6 is 22.9 Å². The highest BCUT2D eigenvalue weighted by molar-refractivity contribution is 7.22. The molecule has 3 fully saturated rings. The smallest absolute Gasteiger partial charge is 0.287 e. The van der Waals surface area contributed by atoms with Gasteiger partial charge in [0.25, 0.3) is 5.56 Å². The van der Waals surface area contributed by atoms with Crippen molar-refractivity contribution in [1.29, 1.82) is 0 Å². The van der Waals surface area contributed by atoms with Gasteiger partial charge in [-0.15, -0.1) is 0 Å². The minimum atomic E-state index is -0.249. The van der Waals surface area contributed by atoms with Gasteiger partial charge in [-0.25, -0.2) is 9.67 Å². The molecule has 2 atom stereocenters. The van der Waals surface area contributed by atoms with Gasteiger partial charge in [-0.3, -0.25) is 4.79 Å². The van der Waals surface area contributed by atoms with Crippen LogP contribution in [0, 0.1) is 0 Å². The van der Waals surface area contributed by atoms with Gasteiger partial charge in [0, 0.05) is 20.1 Å². The number of halogens is 1. The van der Waals surface area contributed by atoms with Crippen LogP contribution in [0.4, 0.5) is 10.8 Å². The monoisotopic (exact) mass is 373 g/mol. The molecule has 0 saturated carbocycles. The molecule has 2 aromatic heterocycles. The zero-order valence-corrected chi connectivity index (χ0v) is 15.2. The van der Waals surface area contributed by atoms with Gasteiger partial charge in [-0.1, -0.05) is 35.1 Å². The van der Waals surface area contributed by atoms with E-state index in [2.05, 4.69) is 27.0 Å². The Morgan fingerprint density at radius 2 is 2.00 bits per heavy atom. The summed E-state index contributed by atoms with van der Waals surface area (Å²) >= 11 is 8.01. The number of benzene rings is 1. The lowest BCUT2D eigenvalue weighted by Crippen LogP contribution is -2.69. The number of anilines is 2. The van der Waals surface area contributed by atoms with Gasteiger partial charge in [-0.05, 0) is 18.6 Å². The lowest BCUT2D eigenvalue weighted by Gasteiger charge is -2.56. The molecule has 3 aromatic rings. The predicted octanol–water partition coefficient (Wildman–Crippen LogP) is 2.51. The first kappa shape index (κ1) is 15.2. The Labute approximate surface area is 153 Å². The SMILES string of the molecule is Cn1ncc(N2CC3CC(C2)N3c2nc3ccccc3s2)c(Cl)c1=O. The molecule has 5 heterocycles. The summed E-state index contributed by atoms with van der Waals surface area (Å²) in [5, 5.41) is 5.46. The molecule has 3 saturated heterocycles. The standard InChI is InChI=1S/C17H16ClN5OS/c1-21-16(24)15(18)13(7-19-21)22-8-10-6-11(9-22)23(10)17-20-12-4-2-3-5-14(12)25-17/h2-5,7,10-11H,6,8-9H2,1H3. The molecule has 0 aliphatic carbocycles. The Kier molecular flexibility index (Phi) is 3.30. The first-order chi connectivity index (χ1) is 12.1. The minimum Gasteiger partial charge on any atom is -0.365 e.